The zero-order valence-electron chi connectivity index (χ0n) is 8.40. The van der Waals surface area contributed by atoms with Crippen LogP contribution in [-0.4, -0.2) is 24.4 Å². The van der Waals surface area contributed by atoms with Crippen LogP contribution in [0.5, 0.6) is 0 Å². The van der Waals surface area contributed by atoms with Crippen molar-refractivity contribution < 1.29 is 4.79 Å². The number of hydrogen-bond acceptors (Lipinski definition) is 3. The summed E-state index contributed by atoms with van der Waals surface area (Å²) in [5.41, 5.74) is 0. The number of pyridine rings is 1. The standard InChI is InChI=1S/C11H13ClN2O/c12-10-2-1-3-11(13-10)14-6-4-9(8-15)5-7-14/h1-3,8-9H,4-7H2. The predicted octanol–water partition coefficient (Wildman–Crippen LogP) is 2.15. The van der Waals surface area contributed by atoms with Crippen LogP contribution in [0.15, 0.2) is 18.2 Å². The molecule has 3 nitrogen and oxygen atoms in total. The van der Waals surface area contributed by atoms with E-state index in [9.17, 15) is 4.79 Å². The van der Waals surface area contributed by atoms with E-state index in [1.54, 1.807) is 6.07 Å². The van der Waals surface area contributed by atoms with Gasteiger partial charge in [0, 0.05) is 19.0 Å². The van der Waals surface area contributed by atoms with E-state index in [4.69, 9.17) is 11.6 Å². The molecule has 1 aliphatic heterocycles. The Morgan fingerprint density at radius 3 is 2.73 bits per heavy atom. The minimum Gasteiger partial charge on any atom is -0.357 e. The lowest BCUT2D eigenvalue weighted by Gasteiger charge is -2.30. The highest BCUT2D eigenvalue weighted by atomic mass is 35.5. The Morgan fingerprint density at radius 1 is 1.40 bits per heavy atom. The molecule has 0 saturated carbocycles. The molecule has 15 heavy (non-hydrogen) atoms. The molecule has 0 radical (unpaired) electrons. The normalized spacial score (nSPS) is 17.8. The van der Waals surface area contributed by atoms with E-state index >= 15 is 0 Å². The lowest BCUT2D eigenvalue weighted by atomic mass is 9.99. The van der Waals surface area contributed by atoms with E-state index in [2.05, 4.69) is 9.88 Å². The largest absolute Gasteiger partial charge is 0.357 e. The maximum atomic E-state index is 10.6. The number of halogens is 1. The Bertz CT molecular complexity index is 348. The topological polar surface area (TPSA) is 33.2 Å². The molecule has 0 spiro atoms. The molecule has 1 aromatic rings. The van der Waals surface area contributed by atoms with Crippen LogP contribution in [0, 0.1) is 5.92 Å². The van der Waals surface area contributed by atoms with Crippen molar-refractivity contribution in [2.24, 2.45) is 5.92 Å². The van der Waals surface area contributed by atoms with Gasteiger partial charge >= 0.3 is 0 Å². The van der Waals surface area contributed by atoms with Crippen LogP contribution in [-0.2, 0) is 4.79 Å². The summed E-state index contributed by atoms with van der Waals surface area (Å²) in [5, 5.41) is 0.519. The predicted molar refractivity (Wildman–Crippen MR) is 60.2 cm³/mol. The van der Waals surface area contributed by atoms with Gasteiger partial charge in [0.15, 0.2) is 0 Å². The summed E-state index contributed by atoms with van der Waals surface area (Å²) in [6, 6.07) is 5.62. The van der Waals surface area contributed by atoms with Crippen molar-refractivity contribution in [2.45, 2.75) is 12.8 Å². The first-order valence-corrected chi connectivity index (χ1v) is 5.50. The molecule has 0 bridgehead atoms. The Morgan fingerprint density at radius 2 is 2.13 bits per heavy atom. The summed E-state index contributed by atoms with van der Waals surface area (Å²) in [5.74, 6) is 1.13. The van der Waals surface area contributed by atoms with Gasteiger partial charge in [-0.3, -0.25) is 0 Å². The summed E-state index contributed by atoms with van der Waals surface area (Å²) in [6.07, 6.45) is 2.89. The molecule has 0 aliphatic carbocycles. The first kappa shape index (κ1) is 10.4. The van der Waals surface area contributed by atoms with E-state index < -0.39 is 0 Å². The highest BCUT2D eigenvalue weighted by molar-refractivity contribution is 6.29. The first-order chi connectivity index (χ1) is 7.29. The van der Waals surface area contributed by atoms with E-state index in [0.717, 1.165) is 38.0 Å². The molecule has 2 heterocycles. The van der Waals surface area contributed by atoms with Crippen molar-refractivity contribution in [1.29, 1.82) is 0 Å². The summed E-state index contributed by atoms with van der Waals surface area (Å²) in [6.45, 7) is 1.77. The number of anilines is 1. The molecule has 1 aromatic heterocycles. The van der Waals surface area contributed by atoms with Gasteiger partial charge in [-0.05, 0) is 25.0 Å². The average molecular weight is 225 g/mol. The number of carbonyl (C=O) groups excluding carboxylic acids is 1. The molecular formula is C11H13ClN2O. The molecule has 0 N–H and O–H groups in total. The fourth-order valence-electron chi connectivity index (χ4n) is 1.84. The van der Waals surface area contributed by atoms with Gasteiger partial charge in [0.2, 0.25) is 0 Å². The third-order valence-electron chi connectivity index (χ3n) is 2.76. The van der Waals surface area contributed by atoms with Crippen LogP contribution in [0.2, 0.25) is 5.15 Å². The molecule has 1 fully saturated rings. The maximum Gasteiger partial charge on any atom is 0.131 e. The molecule has 0 unspecified atom stereocenters. The smallest absolute Gasteiger partial charge is 0.131 e. The Hall–Kier alpha value is -1.09. The third-order valence-corrected chi connectivity index (χ3v) is 2.97. The molecule has 4 heteroatoms. The fourth-order valence-corrected chi connectivity index (χ4v) is 2.00. The Kier molecular flexibility index (Phi) is 3.21. The van der Waals surface area contributed by atoms with Gasteiger partial charge in [-0.15, -0.1) is 0 Å². The summed E-state index contributed by atoms with van der Waals surface area (Å²) in [7, 11) is 0. The zero-order valence-corrected chi connectivity index (χ0v) is 9.15. The number of aldehydes is 1. The van der Waals surface area contributed by atoms with Crippen molar-refractivity contribution in [1.82, 2.24) is 4.98 Å². The highest BCUT2D eigenvalue weighted by Gasteiger charge is 2.19. The number of carbonyl (C=O) groups is 1. The third kappa shape index (κ3) is 2.48. The second-order valence-corrected chi connectivity index (χ2v) is 4.17. The first-order valence-electron chi connectivity index (χ1n) is 5.12. The molecule has 80 valence electrons. The van der Waals surface area contributed by atoms with Crippen molar-refractivity contribution in [3.05, 3.63) is 23.4 Å². The Balaban J connectivity index is 2.04. The van der Waals surface area contributed by atoms with Gasteiger partial charge in [0.25, 0.3) is 0 Å². The van der Waals surface area contributed by atoms with E-state index in [1.165, 1.54) is 0 Å². The molecular weight excluding hydrogens is 212 g/mol. The SMILES string of the molecule is O=CC1CCN(c2cccc(Cl)n2)CC1. The lowest BCUT2D eigenvalue weighted by molar-refractivity contribution is -0.111. The van der Waals surface area contributed by atoms with E-state index in [0.29, 0.717) is 5.15 Å². The van der Waals surface area contributed by atoms with Gasteiger partial charge in [0.05, 0.1) is 0 Å². The van der Waals surface area contributed by atoms with Crippen LogP contribution in [0.25, 0.3) is 0 Å². The molecule has 0 amide bonds. The molecule has 1 aliphatic rings. The van der Waals surface area contributed by atoms with Gasteiger partial charge in [-0.2, -0.15) is 0 Å². The number of rotatable bonds is 2. The monoisotopic (exact) mass is 224 g/mol. The number of piperidine rings is 1. The lowest BCUT2D eigenvalue weighted by Crippen LogP contribution is -2.34. The van der Waals surface area contributed by atoms with Crippen LogP contribution >= 0.6 is 11.6 Å². The van der Waals surface area contributed by atoms with Crippen LogP contribution in [0.4, 0.5) is 5.82 Å². The summed E-state index contributed by atoms with van der Waals surface area (Å²) < 4.78 is 0. The van der Waals surface area contributed by atoms with Crippen LogP contribution < -0.4 is 4.90 Å². The zero-order chi connectivity index (χ0) is 10.7. The van der Waals surface area contributed by atoms with Gasteiger partial charge in [-0.1, -0.05) is 17.7 Å². The fraction of sp³-hybridized carbons (Fsp3) is 0.455. The van der Waals surface area contributed by atoms with Crippen molar-refractivity contribution >= 4 is 23.7 Å². The molecule has 0 atom stereocenters. The molecule has 1 saturated heterocycles. The second kappa shape index (κ2) is 4.62. The highest BCUT2D eigenvalue weighted by Crippen LogP contribution is 2.21. The second-order valence-electron chi connectivity index (χ2n) is 3.78. The maximum absolute atomic E-state index is 10.6. The summed E-state index contributed by atoms with van der Waals surface area (Å²) in [4.78, 5) is 17.0. The van der Waals surface area contributed by atoms with Crippen molar-refractivity contribution in [2.75, 3.05) is 18.0 Å². The van der Waals surface area contributed by atoms with E-state index in [1.807, 2.05) is 12.1 Å². The van der Waals surface area contributed by atoms with Crippen LogP contribution in [0.1, 0.15) is 12.8 Å². The minimum absolute atomic E-state index is 0.223. The van der Waals surface area contributed by atoms with Crippen molar-refractivity contribution in [3.63, 3.8) is 0 Å². The molecule has 0 aromatic carbocycles. The van der Waals surface area contributed by atoms with Gasteiger partial charge in [-0.25, -0.2) is 4.98 Å². The average Bonchev–Trinajstić information content (AvgIpc) is 2.29. The van der Waals surface area contributed by atoms with Crippen LogP contribution in [0.3, 0.4) is 0 Å². The minimum atomic E-state index is 0.223. The van der Waals surface area contributed by atoms with Gasteiger partial charge < -0.3 is 9.69 Å². The van der Waals surface area contributed by atoms with E-state index in [-0.39, 0.29) is 5.92 Å². The Labute approximate surface area is 94.1 Å². The number of aromatic nitrogens is 1. The van der Waals surface area contributed by atoms with Crippen molar-refractivity contribution in [3.8, 4) is 0 Å². The quantitative estimate of drug-likeness (QED) is 0.570. The molecule has 2 rings (SSSR count). The number of nitrogens with zero attached hydrogens (tertiary/aromatic N) is 2. The van der Waals surface area contributed by atoms with Gasteiger partial charge in [0.1, 0.15) is 17.3 Å². The number of hydrogen-bond donors (Lipinski definition) is 0. The summed E-state index contributed by atoms with van der Waals surface area (Å²) >= 11 is 5.83.